The van der Waals surface area contributed by atoms with Crippen molar-refractivity contribution in [2.75, 3.05) is 19.6 Å². The smallest absolute Gasteiger partial charge is 0.227 e. The summed E-state index contributed by atoms with van der Waals surface area (Å²) in [6, 6.07) is 0.358. The number of rotatable bonds is 1. The highest BCUT2D eigenvalue weighted by Gasteiger charge is 2.31. The fourth-order valence-electron chi connectivity index (χ4n) is 3.10. The van der Waals surface area contributed by atoms with Crippen LogP contribution in [0.15, 0.2) is 0 Å². The lowest BCUT2D eigenvalue weighted by molar-refractivity contribution is -0.137. The Hall–Kier alpha value is -0.570. The monoisotopic (exact) mass is 238 g/mol. The van der Waals surface area contributed by atoms with Crippen LogP contribution in [-0.4, -0.2) is 36.5 Å². The van der Waals surface area contributed by atoms with Crippen molar-refractivity contribution in [3.8, 4) is 0 Å². The average molecular weight is 238 g/mol. The third-order valence-electron chi connectivity index (χ3n) is 4.41. The molecule has 2 heterocycles. The first-order valence-electron chi connectivity index (χ1n) is 7.20. The van der Waals surface area contributed by atoms with Gasteiger partial charge in [-0.3, -0.25) is 4.79 Å². The van der Waals surface area contributed by atoms with Crippen molar-refractivity contribution >= 4 is 5.91 Å². The number of nitrogens with one attached hydrogen (secondary N) is 1. The van der Waals surface area contributed by atoms with Crippen LogP contribution in [0.1, 0.15) is 46.0 Å². The Bertz CT molecular complexity index is 267. The summed E-state index contributed by atoms with van der Waals surface area (Å²) in [4.78, 5) is 14.6. The highest BCUT2D eigenvalue weighted by Crippen LogP contribution is 2.22. The van der Waals surface area contributed by atoms with Gasteiger partial charge in [-0.25, -0.2) is 0 Å². The largest absolute Gasteiger partial charge is 0.342 e. The quantitative estimate of drug-likeness (QED) is 0.758. The zero-order valence-corrected chi connectivity index (χ0v) is 11.2. The van der Waals surface area contributed by atoms with E-state index in [2.05, 4.69) is 24.1 Å². The van der Waals surface area contributed by atoms with E-state index in [0.717, 1.165) is 38.4 Å². The molecule has 0 aromatic heterocycles. The molecule has 3 atom stereocenters. The van der Waals surface area contributed by atoms with E-state index in [1.54, 1.807) is 0 Å². The Morgan fingerprint density at radius 1 is 1.12 bits per heavy atom. The van der Waals surface area contributed by atoms with Crippen LogP contribution >= 0.6 is 0 Å². The lowest BCUT2D eigenvalue weighted by Crippen LogP contribution is -2.48. The second-order valence-electron chi connectivity index (χ2n) is 5.85. The van der Waals surface area contributed by atoms with Gasteiger partial charge in [-0.1, -0.05) is 6.92 Å². The third-order valence-corrected chi connectivity index (χ3v) is 4.41. The van der Waals surface area contributed by atoms with Gasteiger partial charge in [0.05, 0.1) is 5.92 Å². The van der Waals surface area contributed by atoms with E-state index in [9.17, 15) is 4.79 Å². The van der Waals surface area contributed by atoms with Gasteiger partial charge >= 0.3 is 0 Å². The number of likely N-dealkylation sites (tertiary alicyclic amines) is 1. The van der Waals surface area contributed by atoms with Crippen LogP contribution < -0.4 is 5.32 Å². The molecule has 3 nitrogen and oxygen atoms in total. The molecule has 0 bridgehead atoms. The molecule has 2 fully saturated rings. The van der Waals surface area contributed by atoms with Crippen LogP contribution in [0, 0.1) is 11.8 Å². The topological polar surface area (TPSA) is 32.3 Å². The highest BCUT2D eigenvalue weighted by atomic mass is 16.2. The Labute approximate surface area is 105 Å². The summed E-state index contributed by atoms with van der Waals surface area (Å²) in [5.74, 6) is 1.41. The molecule has 0 aromatic carbocycles. The minimum atomic E-state index is 0.220. The van der Waals surface area contributed by atoms with Gasteiger partial charge in [0.2, 0.25) is 5.91 Å². The van der Waals surface area contributed by atoms with E-state index < -0.39 is 0 Å². The molecule has 0 aliphatic carbocycles. The van der Waals surface area contributed by atoms with Crippen LogP contribution in [0.5, 0.6) is 0 Å². The van der Waals surface area contributed by atoms with Crippen LogP contribution in [0.3, 0.4) is 0 Å². The molecule has 0 saturated carbocycles. The summed E-state index contributed by atoms with van der Waals surface area (Å²) in [6.45, 7) is 7.48. The Balaban J connectivity index is 1.93. The molecule has 1 amide bonds. The van der Waals surface area contributed by atoms with Crippen molar-refractivity contribution in [1.82, 2.24) is 10.2 Å². The molecule has 2 aliphatic rings. The Kier molecular flexibility index (Phi) is 4.43. The lowest BCUT2D eigenvalue weighted by atomic mass is 9.90. The second kappa shape index (κ2) is 5.85. The molecule has 98 valence electrons. The van der Waals surface area contributed by atoms with E-state index in [-0.39, 0.29) is 5.92 Å². The van der Waals surface area contributed by atoms with Gasteiger partial charge in [-0.15, -0.1) is 0 Å². The molecule has 2 aliphatic heterocycles. The molecular formula is C14H26N2O. The predicted octanol–water partition coefficient (Wildman–Crippen LogP) is 2.02. The second-order valence-corrected chi connectivity index (χ2v) is 5.85. The maximum Gasteiger partial charge on any atom is 0.227 e. The van der Waals surface area contributed by atoms with E-state index >= 15 is 0 Å². The Morgan fingerprint density at radius 3 is 2.71 bits per heavy atom. The number of carbonyl (C=O) groups is 1. The minimum Gasteiger partial charge on any atom is -0.342 e. The van der Waals surface area contributed by atoms with Crippen molar-refractivity contribution in [2.24, 2.45) is 11.8 Å². The van der Waals surface area contributed by atoms with E-state index in [0.29, 0.717) is 11.9 Å². The molecule has 2 rings (SSSR count). The molecule has 17 heavy (non-hydrogen) atoms. The Morgan fingerprint density at radius 2 is 1.94 bits per heavy atom. The highest BCUT2D eigenvalue weighted by molar-refractivity contribution is 5.79. The zero-order chi connectivity index (χ0) is 12.3. The predicted molar refractivity (Wildman–Crippen MR) is 69.8 cm³/mol. The summed E-state index contributed by atoms with van der Waals surface area (Å²) < 4.78 is 0. The molecule has 3 heteroatoms. The number of hydrogen-bond acceptors (Lipinski definition) is 2. The van der Waals surface area contributed by atoms with Gasteiger partial charge in [0.15, 0.2) is 0 Å². The zero-order valence-electron chi connectivity index (χ0n) is 11.2. The minimum absolute atomic E-state index is 0.220. The van der Waals surface area contributed by atoms with Crippen molar-refractivity contribution in [1.29, 1.82) is 0 Å². The van der Waals surface area contributed by atoms with Gasteiger partial charge in [0.1, 0.15) is 0 Å². The first-order valence-corrected chi connectivity index (χ1v) is 7.20. The van der Waals surface area contributed by atoms with Crippen LogP contribution in [-0.2, 0) is 4.79 Å². The number of hydrogen-bond donors (Lipinski definition) is 1. The summed E-state index contributed by atoms with van der Waals surface area (Å²) in [5.41, 5.74) is 0. The van der Waals surface area contributed by atoms with Crippen molar-refractivity contribution in [3.05, 3.63) is 0 Å². The SMILES string of the molecule is CC1CCCN(C(=O)C2CCCNC2C)CC1. The van der Waals surface area contributed by atoms with E-state index in [4.69, 9.17) is 0 Å². The van der Waals surface area contributed by atoms with Gasteiger partial charge in [-0.05, 0) is 51.5 Å². The fraction of sp³-hybridized carbons (Fsp3) is 0.929. The van der Waals surface area contributed by atoms with Crippen molar-refractivity contribution in [3.63, 3.8) is 0 Å². The molecule has 2 saturated heterocycles. The summed E-state index contributed by atoms with van der Waals surface area (Å²) >= 11 is 0. The first-order chi connectivity index (χ1) is 8.18. The van der Waals surface area contributed by atoms with Gasteiger partial charge in [-0.2, -0.15) is 0 Å². The summed E-state index contributed by atoms with van der Waals surface area (Å²) in [6.07, 6.45) is 5.86. The standard InChI is InChI=1S/C14H26N2O/c1-11-5-4-9-16(10-7-11)14(17)13-6-3-8-15-12(13)2/h11-13,15H,3-10H2,1-2H3. The normalized spacial score (nSPS) is 35.4. The van der Waals surface area contributed by atoms with Crippen LogP contribution in [0.4, 0.5) is 0 Å². The summed E-state index contributed by atoms with van der Waals surface area (Å²) in [7, 11) is 0. The number of piperidine rings is 1. The number of amides is 1. The van der Waals surface area contributed by atoms with Gasteiger partial charge in [0.25, 0.3) is 0 Å². The maximum atomic E-state index is 12.5. The third kappa shape index (κ3) is 3.21. The molecule has 0 aromatic rings. The number of carbonyl (C=O) groups excluding carboxylic acids is 1. The first kappa shape index (κ1) is 12.9. The molecule has 3 unspecified atom stereocenters. The van der Waals surface area contributed by atoms with Crippen LogP contribution in [0.2, 0.25) is 0 Å². The van der Waals surface area contributed by atoms with Gasteiger partial charge < -0.3 is 10.2 Å². The van der Waals surface area contributed by atoms with Crippen molar-refractivity contribution in [2.45, 2.75) is 52.0 Å². The molecule has 1 N–H and O–H groups in total. The summed E-state index contributed by atoms with van der Waals surface area (Å²) in [5, 5.41) is 3.43. The van der Waals surface area contributed by atoms with Crippen LogP contribution in [0.25, 0.3) is 0 Å². The number of nitrogens with zero attached hydrogens (tertiary/aromatic N) is 1. The molecule has 0 radical (unpaired) electrons. The van der Waals surface area contributed by atoms with E-state index in [1.807, 2.05) is 0 Å². The molecular weight excluding hydrogens is 212 g/mol. The van der Waals surface area contributed by atoms with E-state index in [1.165, 1.54) is 19.3 Å². The fourth-order valence-corrected chi connectivity index (χ4v) is 3.10. The van der Waals surface area contributed by atoms with Gasteiger partial charge in [0, 0.05) is 19.1 Å². The molecule has 0 spiro atoms. The maximum absolute atomic E-state index is 12.5. The lowest BCUT2D eigenvalue weighted by Gasteiger charge is -2.33. The average Bonchev–Trinajstić information content (AvgIpc) is 2.54. The van der Waals surface area contributed by atoms with Crippen molar-refractivity contribution < 1.29 is 4.79 Å².